The topological polar surface area (TPSA) is 9.23 Å². The molecule has 0 aromatic heterocycles. The molecule has 14 heavy (non-hydrogen) atoms. The molecule has 86 valence electrons. The number of hydrogen-bond acceptors (Lipinski definition) is 1. The predicted octanol–water partition coefficient (Wildman–Crippen LogP) is 4.37. The molecule has 0 aromatic carbocycles. The molecule has 0 aliphatic heterocycles. The largest absolute Gasteiger partial charge is 0.373 e. The van der Waals surface area contributed by atoms with Gasteiger partial charge >= 0.3 is 0 Å². The van der Waals surface area contributed by atoms with Crippen molar-refractivity contribution in [1.82, 2.24) is 0 Å². The average Bonchev–Trinajstić information content (AvgIpc) is 2.23. The molecule has 0 amide bonds. The van der Waals surface area contributed by atoms with E-state index in [1.165, 1.54) is 25.7 Å². The fraction of sp³-hybridized carbons (Fsp3) is 1.00. The Balaban J connectivity index is 3.34. The van der Waals surface area contributed by atoms with Crippen molar-refractivity contribution in [3.63, 3.8) is 0 Å². The molecule has 3 heteroatoms. The van der Waals surface area contributed by atoms with Gasteiger partial charge in [0, 0.05) is 11.9 Å². The normalized spacial score (nSPS) is 15.4. The Bertz CT molecular complexity index is 126. The highest BCUT2D eigenvalue weighted by Gasteiger charge is 2.21. The van der Waals surface area contributed by atoms with Gasteiger partial charge in [-0.05, 0) is 13.3 Å². The molecule has 0 aliphatic rings. The molecule has 1 unspecified atom stereocenters. The minimum Gasteiger partial charge on any atom is -0.373 e. The summed E-state index contributed by atoms with van der Waals surface area (Å²) in [5, 5.41) is 0.804. The second-order valence-corrected chi connectivity index (χ2v) is 4.81. The lowest BCUT2D eigenvalue weighted by Gasteiger charge is -2.25. The molecule has 0 N–H and O–H groups in total. The van der Waals surface area contributed by atoms with Crippen molar-refractivity contribution in [2.24, 2.45) is 0 Å². The molecule has 0 heterocycles. The molecular weight excluding hydrogens is 263 g/mol. The molecule has 0 saturated carbocycles. The number of halogens is 2. The van der Waals surface area contributed by atoms with Crippen LogP contribution in [-0.4, -0.2) is 23.4 Å². The second-order valence-electron chi connectivity index (χ2n) is 3.98. The summed E-state index contributed by atoms with van der Waals surface area (Å²) in [5.41, 5.74) is -0.188. The fourth-order valence-electron chi connectivity index (χ4n) is 1.14. The number of alkyl halides is 2. The van der Waals surface area contributed by atoms with Crippen LogP contribution < -0.4 is 0 Å². The summed E-state index contributed by atoms with van der Waals surface area (Å²) in [6.45, 7) is 5.10. The highest BCUT2D eigenvalue weighted by Crippen LogP contribution is 2.16. The zero-order chi connectivity index (χ0) is 10.9. The van der Waals surface area contributed by atoms with Gasteiger partial charge in [0.1, 0.15) is 0 Å². The standard InChI is InChI=1S/C11H22BrClO/c1-3-4-5-6-7-8-14-11(2,9-12)10-13/h3-10H2,1-2H3. The van der Waals surface area contributed by atoms with E-state index in [-0.39, 0.29) is 5.60 Å². The van der Waals surface area contributed by atoms with Crippen LogP contribution >= 0.6 is 27.5 Å². The van der Waals surface area contributed by atoms with Gasteiger partial charge in [-0.25, -0.2) is 0 Å². The van der Waals surface area contributed by atoms with Crippen LogP contribution in [0.25, 0.3) is 0 Å². The fourth-order valence-corrected chi connectivity index (χ4v) is 1.90. The summed E-state index contributed by atoms with van der Waals surface area (Å²) in [6.07, 6.45) is 6.38. The average molecular weight is 286 g/mol. The summed E-state index contributed by atoms with van der Waals surface area (Å²) in [4.78, 5) is 0. The van der Waals surface area contributed by atoms with Gasteiger partial charge in [0.05, 0.1) is 11.5 Å². The SMILES string of the molecule is CCCCCCCOC(C)(CCl)CBr. The van der Waals surface area contributed by atoms with Crippen molar-refractivity contribution in [2.75, 3.05) is 17.8 Å². The third kappa shape index (κ3) is 7.08. The van der Waals surface area contributed by atoms with Crippen molar-refractivity contribution in [3.05, 3.63) is 0 Å². The first-order valence-electron chi connectivity index (χ1n) is 5.44. The maximum absolute atomic E-state index is 5.82. The number of ether oxygens (including phenoxy) is 1. The van der Waals surface area contributed by atoms with Crippen LogP contribution in [0.4, 0.5) is 0 Å². The maximum Gasteiger partial charge on any atom is 0.0885 e. The van der Waals surface area contributed by atoms with E-state index in [0.29, 0.717) is 5.88 Å². The maximum atomic E-state index is 5.82. The second kappa shape index (κ2) is 8.99. The Labute approximate surface area is 102 Å². The molecule has 1 atom stereocenters. The van der Waals surface area contributed by atoms with E-state index in [2.05, 4.69) is 22.9 Å². The van der Waals surface area contributed by atoms with Crippen molar-refractivity contribution < 1.29 is 4.74 Å². The highest BCUT2D eigenvalue weighted by atomic mass is 79.9. The quantitative estimate of drug-likeness (QED) is 0.452. The summed E-state index contributed by atoms with van der Waals surface area (Å²) >= 11 is 9.23. The Morgan fingerprint density at radius 2 is 1.86 bits per heavy atom. The summed E-state index contributed by atoms with van der Waals surface area (Å²) in [7, 11) is 0. The Hall–Kier alpha value is 0.730. The summed E-state index contributed by atoms with van der Waals surface area (Å²) in [5.74, 6) is 0.549. The number of unbranched alkanes of at least 4 members (excludes halogenated alkanes) is 4. The van der Waals surface area contributed by atoms with Crippen molar-refractivity contribution in [1.29, 1.82) is 0 Å². The van der Waals surface area contributed by atoms with Crippen molar-refractivity contribution in [2.45, 2.75) is 51.6 Å². The van der Waals surface area contributed by atoms with E-state index in [0.717, 1.165) is 18.4 Å². The third-order valence-corrected chi connectivity index (χ3v) is 4.02. The lowest BCUT2D eigenvalue weighted by Crippen LogP contribution is -2.33. The third-order valence-electron chi connectivity index (χ3n) is 2.26. The van der Waals surface area contributed by atoms with E-state index in [1.54, 1.807) is 0 Å². The minimum atomic E-state index is -0.188. The lowest BCUT2D eigenvalue weighted by molar-refractivity contribution is 0.00254. The van der Waals surface area contributed by atoms with E-state index in [9.17, 15) is 0 Å². The Morgan fingerprint density at radius 3 is 2.36 bits per heavy atom. The van der Waals surface area contributed by atoms with E-state index in [1.807, 2.05) is 6.92 Å². The van der Waals surface area contributed by atoms with Gasteiger partial charge in [0.15, 0.2) is 0 Å². The van der Waals surface area contributed by atoms with E-state index in [4.69, 9.17) is 16.3 Å². The van der Waals surface area contributed by atoms with Crippen molar-refractivity contribution >= 4 is 27.5 Å². The monoisotopic (exact) mass is 284 g/mol. The molecule has 0 spiro atoms. The van der Waals surface area contributed by atoms with Gasteiger partial charge in [0.25, 0.3) is 0 Å². The first kappa shape index (κ1) is 14.7. The smallest absolute Gasteiger partial charge is 0.0885 e. The van der Waals surface area contributed by atoms with E-state index >= 15 is 0 Å². The predicted molar refractivity (Wildman–Crippen MR) is 67.6 cm³/mol. The van der Waals surface area contributed by atoms with E-state index < -0.39 is 0 Å². The molecule has 0 aliphatic carbocycles. The zero-order valence-corrected chi connectivity index (χ0v) is 11.7. The van der Waals surface area contributed by atoms with Crippen LogP contribution in [0.2, 0.25) is 0 Å². The molecular formula is C11H22BrClO. The molecule has 0 radical (unpaired) electrons. The first-order valence-corrected chi connectivity index (χ1v) is 7.10. The van der Waals surface area contributed by atoms with Crippen LogP contribution in [0.1, 0.15) is 46.0 Å². The summed E-state index contributed by atoms with van der Waals surface area (Å²) in [6, 6.07) is 0. The molecule has 0 fully saturated rings. The number of hydrogen-bond donors (Lipinski definition) is 0. The first-order chi connectivity index (χ1) is 6.68. The van der Waals surface area contributed by atoms with Crippen LogP contribution in [0.5, 0.6) is 0 Å². The highest BCUT2D eigenvalue weighted by molar-refractivity contribution is 9.09. The van der Waals surface area contributed by atoms with Crippen LogP contribution in [0.3, 0.4) is 0 Å². The van der Waals surface area contributed by atoms with Gasteiger partial charge in [-0.2, -0.15) is 0 Å². The molecule has 1 nitrogen and oxygen atoms in total. The van der Waals surface area contributed by atoms with Crippen molar-refractivity contribution in [3.8, 4) is 0 Å². The molecule has 0 bridgehead atoms. The van der Waals surface area contributed by atoms with Crippen LogP contribution in [0.15, 0.2) is 0 Å². The Kier molecular flexibility index (Phi) is 9.46. The lowest BCUT2D eigenvalue weighted by atomic mass is 10.1. The molecule has 0 saturated heterocycles. The van der Waals surface area contributed by atoms with Gasteiger partial charge in [-0.15, -0.1) is 11.6 Å². The van der Waals surface area contributed by atoms with Gasteiger partial charge in [-0.3, -0.25) is 0 Å². The zero-order valence-electron chi connectivity index (χ0n) is 9.32. The molecule has 0 rings (SSSR count). The van der Waals surface area contributed by atoms with Crippen LogP contribution in [0, 0.1) is 0 Å². The summed E-state index contributed by atoms with van der Waals surface area (Å²) < 4.78 is 5.73. The Morgan fingerprint density at radius 1 is 1.21 bits per heavy atom. The van der Waals surface area contributed by atoms with Gasteiger partial charge in [0.2, 0.25) is 0 Å². The van der Waals surface area contributed by atoms with Gasteiger partial charge < -0.3 is 4.74 Å². The van der Waals surface area contributed by atoms with Gasteiger partial charge in [-0.1, -0.05) is 48.5 Å². The molecule has 0 aromatic rings. The number of rotatable bonds is 9. The minimum absolute atomic E-state index is 0.188. The van der Waals surface area contributed by atoms with Crippen LogP contribution in [-0.2, 0) is 4.74 Å².